The zero-order valence-corrected chi connectivity index (χ0v) is 16.3. The van der Waals surface area contributed by atoms with E-state index >= 15 is 0 Å². The molecule has 0 spiro atoms. The SMILES string of the molecule is CCNS(=O)(=O)c1ccc(C)c(C(=O)NCC(CC)c2ccccc2)c1. The van der Waals surface area contributed by atoms with E-state index in [0.29, 0.717) is 18.7 Å². The predicted molar refractivity (Wildman–Crippen MR) is 104 cm³/mol. The number of hydrogen-bond donors (Lipinski definition) is 2. The van der Waals surface area contributed by atoms with Crippen LogP contribution < -0.4 is 10.0 Å². The fourth-order valence-corrected chi connectivity index (χ4v) is 3.89. The molecule has 0 aliphatic heterocycles. The van der Waals surface area contributed by atoms with Gasteiger partial charge < -0.3 is 5.32 Å². The second-order valence-electron chi connectivity index (χ2n) is 6.20. The first-order valence-electron chi connectivity index (χ1n) is 8.82. The van der Waals surface area contributed by atoms with Crippen LogP contribution in [-0.2, 0) is 10.0 Å². The minimum absolute atomic E-state index is 0.102. The standard InChI is InChI=1S/C20H26N2O3S/c1-4-16(17-9-7-6-8-10-17)14-21-20(23)19-13-18(12-11-15(19)3)26(24,25)22-5-2/h6-13,16,22H,4-5,14H2,1-3H3,(H,21,23). The van der Waals surface area contributed by atoms with Crippen LogP contribution in [0.4, 0.5) is 0 Å². The highest BCUT2D eigenvalue weighted by Crippen LogP contribution is 2.19. The minimum atomic E-state index is -3.59. The molecule has 1 unspecified atom stereocenters. The molecule has 0 aromatic heterocycles. The lowest BCUT2D eigenvalue weighted by Gasteiger charge is -2.17. The number of carbonyl (C=O) groups excluding carboxylic acids is 1. The number of amides is 1. The topological polar surface area (TPSA) is 75.3 Å². The molecule has 140 valence electrons. The van der Waals surface area contributed by atoms with Gasteiger partial charge in [0.1, 0.15) is 0 Å². The van der Waals surface area contributed by atoms with Crippen LogP contribution in [0.2, 0.25) is 0 Å². The molecule has 0 radical (unpaired) electrons. The summed E-state index contributed by atoms with van der Waals surface area (Å²) in [6.07, 6.45) is 0.901. The van der Waals surface area contributed by atoms with Crippen molar-refractivity contribution in [3.63, 3.8) is 0 Å². The molecule has 1 atom stereocenters. The van der Waals surface area contributed by atoms with Gasteiger partial charge in [0.25, 0.3) is 5.91 Å². The van der Waals surface area contributed by atoms with Crippen LogP contribution in [0.3, 0.4) is 0 Å². The molecule has 2 aromatic carbocycles. The second-order valence-corrected chi connectivity index (χ2v) is 7.97. The Morgan fingerprint density at radius 3 is 2.38 bits per heavy atom. The fraction of sp³-hybridized carbons (Fsp3) is 0.350. The summed E-state index contributed by atoms with van der Waals surface area (Å²) >= 11 is 0. The molecule has 2 aromatic rings. The van der Waals surface area contributed by atoms with Crippen molar-refractivity contribution in [3.8, 4) is 0 Å². The number of rotatable bonds is 8. The van der Waals surface area contributed by atoms with E-state index in [-0.39, 0.29) is 16.7 Å². The van der Waals surface area contributed by atoms with Crippen LogP contribution in [0, 0.1) is 6.92 Å². The molecule has 26 heavy (non-hydrogen) atoms. The fourth-order valence-electron chi connectivity index (χ4n) is 2.82. The highest BCUT2D eigenvalue weighted by Gasteiger charge is 2.18. The molecule has 2 rings (SSSR count). The van der Waals surface area contributed by atoms with Gasteiger partial charge in [0.2, 0.25) is 10.0 Å². The third-order valence-electron chi connectivity index (χ3n) is 4.37. The average Bonchev–Trinajstić information content (AvgIpc) is 2.63. The number of sulfonamides is 1. The Kier molecular flexibility index (Phi) is 6.94. The van der Waals surface area contributed by atoms with Crippen LogP contribution in [-0.4, -0.2) is 27.4 Å². The average molecular weight is 375 g/mol. The maximum Gasteiger partial charge on any atom is 0.251 e. The monoisotopic (exact) mass is 374 g/mol. The molecule has 2 N–H and O–H groups in total. The van der Waals surface area contributed by atoms with E-state index < -0.39 is 10.0 Å². The highest BCUT2D eigenvalue weighted by atomic mass is 32.2. The normalized spacial score (nSPS) is 12.6. The summed E-state index contributed by atoms with van der Waals surface area (Å²) in [4.78, 5) is 12.7. The number of aryl methyl sites for hydroxylation is 1. The summed E-state index contributed by atoms with van der Waals surface area (Å²) in [5.41, 5.74) is 2.30. The zero-order valence-electron chi connectivity index (χ0n) is 15.5. The van der Waals surface area contributed by atoms with E-state index in [2.05, 4.69) is 29.1 Å². The number of nitrogens with one attached hydrogen (secondary N) is 2. The van der Waals surface area contributed by atoms with Crippen molar-refractivity contribution in [2.75, 3.05) is 13.1 Å². The van der Waals surface area contributed by atoms with Gasteiger partial charge in [-0.25, -0.2) is 13.1 Å². The lowest BCUT2D eigenvalue weighted by molar-refractivity contribution is 0.0950. The molecule has 1 amide bonds. The lowest BCUT2D eigenvalue weighted by Crippen LogP contribution is -2.29. The summed E-state index contributed by atoms with van der Waals surface area (Å²) in [6.45, 7) is 6.40. The van der Waals surface area contributed by atoms with E-state index in [0.717, 1.165) is 12.0 Å². The number of benzene rings is 2. The molecular formula is C20H26N2O3S. The molecule has 0 aliphatic carbocycles. The quantitative estimate of drug-likeness (QED) is 0.745. The maximum atomic E-state index is 12.6. The van der Waals surface area contributed by atoms with Crippen molar-refractivity contribution in [2.24, 2.45) is 0 Å². The van der Waals surface area contributed by atoms with Crippen molar-refractivity contribution in [1.82, 2.24) is 10.0 Å². The molecular weight excluding hydrogens is 348 g/mol. The van der Waals surface area contributed by atoms with Crippen LogP contribution in [0.15, 0.2) is 53.4 Å². The summed E-state index contributed by atoms with van der Waals surface area (Å²) in [6, 6.07) is 14.7. The van der Waals surface area contributed by atoms with Gasteiger partial charge >= 0.3 is 0 Å². The first kappa shape index (κ1) is 20.1. The molecule has 0 fully saturated rings. The van der Waals surface area contributed by atoms with Crippen LogP contribution >= 0.6 is 0 Å². The van der Waals surface area contributed by atoms with Gasteiger partial charge in [-0.1, -0.05) is 50.2 Å². The molecule has 0 aliphatic rings. The lowest BCUT2D eigenvalue weighted by atomic mass is 9.96. The largest absolute Gasteiger partial charge is 0.351 e. The van der Waals surface area contributed by atoms with E-state index in [1.54, 1.807) is 19.9 Å². The van der Waals surface area contributed by atoms with Crippen molar-refractivity contribution < 1.29 is 13.2 Å². The first-order chi connectivity index (χ1) is 12.4. The van der Waals surface area contributed by atoms with Crippen molar-refractivity contribution in [1.29, 1.82) is 0 Å². The Morgan fingerprint density at radius 2 is 1.77 bits per heavy atom. The molecule has 5 nitrogen and oxygen atoms in total. The summed E-state index contributed by atoms with van der Waals surface area (Å²) in [7, 11) is -3.59. The van der Waals surface area contributed by atoms with Gasteiger partial charge in [-0.15, -0.1) is 0 Å². The van der Waals surface area contributed by atoms with Gasteiger partial charge in [0, 0.05) is 24.6 Å². The molecule has 0 bridgehead atoms. The van der Waals surface area contributed by atoms with E-state index in [9.17, 15) is 13.2 Å². The summed E-state index contributed by atoms with van der Waals surface area (Å²) < 4.78 is 26.8. The number of carbonyl (C=O) groups is 1. The van der Waals surface area contributed by atoms with Gasteiger partial charge in [-0.2, -0.15) is 0 Å². The van der Waals surface area contributed by atoms with E-state index in [4.69, 9.17) is 0 Å². The van der Waals surface area contributed by atoms with Gasteiger partial charge in [-0.3, -0.25) is 4.79 Å². The summed E-state index contributed by atoms with van der Waals surface area (Å²) in [5.74, 6) is -0.0421. The van der Waals surface area contributed by atoms with Crippen molar-refractivity contribution in [3.05, 3.63) is 65.2 Å². The maximum absolute atomic E-state index is 12.6. The highest BCUT2D eigenvalue weighted by molar-refractivity contribution is 7.89. The Balaban J connectivity index is 2.16. The molecule has 0 saturated carbocycles. The van der Waals surface area contributed by atoms with Gasteiger partial charge in [0.15, 0.2) is 0 Å². The third-order valence-corrected chi connectivity index (χ3v) is 5.91. The number of hydrogen-bond acceptors (Lipinski definition) is 3. The zero-order chi connectivity index (χ0) is 19.2. The first-order valence-corrected chi connectivity index (χ1v) is 10.3. The molecule has 0 saturated heterocycles. The molecule has 0 heterocycles. The van der Waals surface area contributed by atoms with Gasteiger partial charge in [0.05, 0.1) is 4.90 Å². The second kappa shape index (κ2) is 8.96. The Bertz CT molecular complexity index is 849. The predicted octanol–water partition coefficient (Wildman–Crippen LogP) is 3.22. The van der Waals surface area contributed by atoms with Crippen molar-refractivity contribution in [2.45, 2.75) is 38.0 Å². The Morgan fingerprint density at radius 1 is 1.08 bits per heavy atom. The smallest absolute Gasteiger partial charge is 0.251 e. The van der Waals surface area contributed by atoms with E-state index in [1.165, 1.54) is 17.7 Å². The Labute approximate surface area is 155 Å². The Hall–Kier alpha value is -2.18. The van der Waals surface area contributed by atoms with Crippen molar-refractivity contribution >= 4 is 15.9 Å². The van der Waals surface area contributed by atoms with Crippen LogP contribution in [0.1, 0.15) is 47.7 Å². The third kappa shape index (κ3) is 4.93. The minimum Gasteiger partial charge on any atom is -0.351 e. The van der Waals surface area contributed by atoms with Gasteiger partial charge in [-0.05, 0) is 36.6 Å². The summed E-state index contributed by atoms with van der Waals surface area (Å²) in [5, 5.41) is 2.95. The van der Waals surface area contributed by atoms with E-state index in [1.807, 2.05) is 18.2 Å². The molecule has 6 heteroatoms. The van der Waals surface area contributed by atoms with Crippen LogP contribution in [0.25, 0.3) is 0 Å². The van der Waals surface area contributed by atoms with Crippen LogP contribution in [0.5, 0.6) is 0 Å².